The predicted octanol–water partition coefficient (Wildman–Crippen LogP) is 0.833. The highest BCUT2D eigenvalue weighted by atomic mass is 16.5. The molecule has 1 aromatic rings. The summed E-state index contributed by atoms with van der Waals surface area (Å²) in [6.45, 7) is 3.31. The number of ether oxygens (including phenoxy) is 1. The lowest BCUT2D eigenvalue weighted by Crippen LogP contribution is -2.44. The Morgan fingerprint density at radius 3 is 3.00 bits per heavy atom. The Balaban J connectivity index is 1.87. The van der Waals surface area contributed by atoms with Crippen molar-refractivity contribution in [2.24, 2.45) is 11.1 Å². The van der Waals surface area contributed by atoms with Crippen LogP contribution in [-0.4, -0.2) is 33.6 Å². The second-order valence-electron chi connectivity index (χ2n) is 5.50. The first-order valence-corrected chi connectivity index (χ1v) is 6.75. The molecule has 4 atom stereocenters. The fourth-order valence-electron chi connectivity index (χ4n) is 3.47. The van der Waals surface area contributed by atoms with Gasteiger partial charge in [-0.2, -0.15) is 5.10 Å². The van der Waals surface area contributed by atoms with Gasteiger partial charge >= 0.3 is 0 Å². The van der Waals surface area contributed by atoms with Crippen LogP contribution in [0.1, 0.15) is 37.9 Å². The standard InChI is InChI=1S/C13H21N3O2/c1-2-16-7-9(6-15-16)12(17)13(8-14)5-10-3-4-11(13)18-10/h6-7,10-12,17H,2-5,8,14H2,1H3. The minimum Gasteiger partial charge on any atom is -0.388 e. The lowest BCUT2D eigenvalue weighted by Gasteiger charge is -2.38. The minimum atomic E-state index is -0.571. The Morgan fingerprint density at radius 1 is 1.67 bits per heavy atom. The van der Waals surface area contributed by atoms with Crippen molar-refractivity contribution in [1.29, 1.82) is 0 Å². The average molecular weight is 251 g/mol. The number of aliphatic hydroxyl groups is 1. The molecule has 100 valence electrons. The number of rotatable bonds is 4. The smallest absolute Gasteiger partial charge is 0.0914 e. The number of fused-ring (bicyclic) bond motifs is 2. The number of aryl methyl sites for hydroxylation is 1. The van der Waals surface area contributed by atoms with Crippen LogP contribution in [-0.2, 0) is 11.3 Å². The van der Waals surface area contributed by atoms with E-state index in [2.05, 4.69) is 5.10 Å². The van der Waals surface area contributed by atoms with Gasteiger partial charge in [0.1, 0.15) is 0 Å². The van der Waals surface area contributed by atoms with Crippen LogP contribution < -0.4 is 5.73 Å². The van der Waals surface area contributed by atoms with E-state index in [1.807, 2.05) is 17.8 Å². The summed E-state index contributed by atoms with van der Waals surface area (Å²) in [5, 5.41) is 14.9. The van der Waals surface area contributed by atoms with Crippen molar-refractivity contribution in [2.75, 3.05) is 6.54 Å². The van der Waals surface area contributed by atoms with E-state index in [-0.39, 0.29) is 17.6 Å². The third-order valence-corrected chi connectivity index (χ3v) is 4.57. The second kappa shape index (κ2) is 4.33. The van der Waals surface area contributed by atoms with Crippen LogP contribution in [0.3, 0.4) is 0 Å². The quantitative estimate of drug-likeness (QED) is 0.831. The van der Waals surface area contributed by atoms with Gasteiger partial charge in [0.2, 0.25) is 0 Å². The summed E-state index contributed by atoms with van der Waals surface area (Å²) in [7, 11) is 0. The molecule has 2 aliphatic heterocycles. The summed E-state index contributed by atoms with van der Waals surface area (Å²) in [5.41, 5.74) is 6.51. The lowest BCUT2D eigenvalue weighted by molar-refractivity contribution is -0.0264. The largest absolute Gasteiger partial charge is 0.388 e. The molecule has 1 aromatic heterocycles. The molecular weight excluding hydrogens is 230 g/mol. The fourth-order valence-corrected chi connectivity index (χ4v) is 3.47. The van der Waals surface area contributed by atoms with Crippen LogP contribution in [0.15, 0.2) is 12.4 Å². The molecule has 3 N–H and O–H groups in total. The zero-order chi connectivity index (χ0) is 12.8. The van der Waals surface area contributed by atoms with Gasteiger partial charge in [0.25, 0.3) is 0 Å². The lowest BCUT2D eigenvalue weighted by atomic mass is 9.68. The number of nitrogens with zero attached hydrogens (tertiary/aromatic N) is 2. The molecule has 3 rings (SSSR count). The van der Waals surface area contributed by atoms with Gasteiger partial charge in [-0.3, -0.25) is 4.68 Å². The molecule has 5 heteroatoms. The Labute approximate surface area is 107 Å². The zero-order valence-electron chi connectivity index (χ0n) is 10.7. The van der Waals surface area contributed by atoms with E-state index in [9.17, 15) is 5.11 Å². The maximum Gasteiger partial charge on any atom is 0.0914 e. The molecule has 2 bridgehead atoms. The first-order valence-electron chi connectivity index (χ1n) is 6.75. The summed E-state index contributed by atoms with van der Waals surface area (Å²) in [4.78, 5) is 0. The number of aromatic nitrogens is 2. The molecule has 0 aliphatic carbocycles. The van der Waals surface area contributed by atoms with Crippen molar-refractivity contribution >= 4 is 0 Å². The summed E-state index contributed by atoms with van der Waals surface area (Å²) < 4.78 is 7.72. The number of nitrogens with two attached hydrogens (primary N) is 1. The van der Waals surface area contributed by atoms with Crippen molar-refractivity contribution in [2.45, 2.75) is 51.0 Å². The van der Waals surface area contributed by atoms with Crippen molar-refractivity contribution in [1.82, 2.24) is 9.78 Å². The third kappa shape index (κ3) is 1.61. The van der Waals surface area contributed by atoms with Crippen LogP contribution in [0.2, 0.25) is 0 Å². The van der Waals surface area contributed by atoms with E-state index < -0.39 is 6.10 Å². The highest BCUT2D eigenvalue weighted by Crippen LogP contribution is 2.53. The van der Waals surface area contributed by atoms with Crippen molar-refractivity contribution < 1.29 is 9.84 Å². The van der Waals surface area contributed by atoms with E-state index in [0.29, 0.717) is 6.54 Å². The summed E-state index contributed by atoms with van der Waals surface area (Å²) in [6.07, 6.45) is 6.46. The SMILES string of the molecule is CCn1cc(C(O)C2(CN)CC3CCC2O3)cn1. The summed E-state index contributed by atoms with van der Waals surface area (Å²) in [6, 6.07) is 0. The van der Waals surface area contributed by atoms with Gasteiger partial charge in [0.05, 0.1) is 24.5 Å². The van der Waals surface area contributed by atoms with Crippen molar-refractivity contribution in [3.8, 4) is 0 Å². The Kier molecular flexibility index (Phi) is 2.92. The van der Waals surface area contributed by atoms with Crippen LogP contribution in [0.5, 0.6) is 0 Å². The molecule has 0 aromatic carbocycles. The van der Waals surface area contributed by atoms with E-state index >= 15 is 0 Å². The van der Waals surface area contributed by atoms with Gasteiger partial charge in [-0.15, -0.1) is 0 Å². The monoisotopic (exact) mass is 251 g/mol. The maximum absolute atomic E-state index is 10.7. The predicted molar refractivity (Wildman–Crippen MR) is 66.9 cm³/mol. The van der Waals surface area contributed by atoms with Gasteiger partial charge in [-0.25, -0.2) is 0 Å². The maximum atomic E-state index is 10.7. The highest BCUT2D eigenvalue weighted by molar-refractivity contribution is 5.17. The molecule has 0 amide bonds. The van der Waals surface area contributed by atoms with Crippen LogP contribution in [0.25, 0.3) is 0 Å². The third-order valence-electron chi connectivity index (χ3n) is 4.57. The molecule has 2 fully saturated rings. The van der Waals surface area contributed by atoms with Crippen LogP contribution in [0.4, 0.5) is 0 Å². The Bertz CT molecular complexity index is 434. The molecular formula is C13H21N3O2. The molecule has 0 spiro atoms. The molecule has 3 heterocycles. The molecule has 18 heavy (non-hydrogen) atoms. The van der Waals surface area contributed by atoms with Crippen LogP contribution >= 0.6 is 0 Å². The molecule has 2 saturated heterocycles. The molecule has 5 nitrogen and oxygen atoms in total. The van der Waals surface area contributed by atoms with E-state index in [1.165, 1.54) is 0 Å². The number of hydrogen-bond acceptors (Lipinski definition) is 4. The number of hydrogen-bond donors (Lipinski definition) is 2. The first-order chi connectivity index (χ1) is 8.69. The van der Waals surface area contributed by atoms with Gasteiger partial charge in [-0.05, 0) is 26.2 Å². The van der Waals surface area contributed by atoms with Crippen molar-refractivity contribution in [3.05, 3.63) is 18.0 Å². The number of aliphatic hydroxyl groups excluding tert-OH is 1. The Hall–Kier alpha value is -0.910. The average Bonchev–Trinajstić information content (AvgIpc) is 3.12. The summed E-state index contributed by atoms with van der Waals surface area (Å²) in [5.74, 6) is 0. The van der Waals surface area contributed by atoms with Crippen molar-refractivity contribution in [3.63, 3.8) is 0 Å². The van der Waals surface area contributed by atoms with Gasteiger partial charge < -0.3 is 15.6 Å². The molecule has 0 saturated carbocycles. The summed E-state index contributed by atoms with van der Waals surface area (Å²) >= 11 is 0. The normalized spacial score (nSPS) is 36.2. The van der Waals surface area contributed by atoms with Crippen LogP contribution in [0, 0.1) is 5.41 Å². The fraction of sp³-hybridized carbons (Fsp3) is 0.769. The topological polar surface area (TPSA) is 73.3 Å². The van der Waals surface area contributed by atoms with E-state index in [0.717, 1.165) is 31.4 Å². The first kappa shape index (κ1) is 12.1. The van der Waals surface area contributed by atoms with Gasteiger partial charge in [-0.1, -0.05) is 0 Å². The zero-order valence-corrected chi connectivity index (χ0v) is 10.7. The van der Waals surface area contributed by atoms with E-state index in [1.54, 1.807) is 6.20 Å². The van der Waals surface area contributed by atoms with E-state index in [4.69, 9.17) is 10.5 Å². The van der Waals surface area contributed by atoms with Gasteiger partial charge in [0.15, 0.2) is 0 Å². The minimum absolute atomic E-state index is 0.104. The molecule has 0 radical (unpaired) electrons. The molecule has 2 aliphatic rings. The molecule has 4 unspecified atom stereocenters. The second-order valence-corrected chi connectivity index (χ2v) is 5.50. The highest BCUT2D eigenvalue weighted by Gasteiger charge is 2.55. The Morgan fingerprint density at radius 2 is 2.50 bits per heavy atom. The van der Waals surface area contributed by atoms with Gasteiger partial charge in [0, 0.05) is 30.3 Å².